The van der Waals surface area contributed by atoms with Gasteiger partial charge in [0.2, 0.25) is 0 Å². The average Bonchev–Trinajstić information content (AvgIpc) is 0.811. The summed E-state index contributed by atoms with van der Waals surface area (Å²) in [7, 11) is 0. The molecule has 0 aliphatic rings. The average molecular weight is 232 g/mol. The third kappa shape index (κ3) is 45.9. The molecule has 0 aliphatic heterocycles. The van der Waals surface area contributed by atoms with Crippen LogP contribution in [0, 0.1) is 0 Å². The van der Waals surface area contributed by atoms with Gasteiger partial charge in [0, 0.05) is 0 Å². The largest absolute Gasteiger partial charge is 1.00 e. The molecule has 0 amide bonds. The molecule has 3 nitrogen and oxygen atoms in total. The van der Waals surface area contributed by atoms with Gasteiger partial charge < -0.3 is 11.6 Å². The Morgan fingerprint density at radius 3 is 1.50 bits per heavy atom. The van der Waals surface area contributed by atoms with Crippen LogP contribution in [0.15, 0.2) is 0 Å². The van der Waals surface area contributed by atoms with Crippen LogP contribution in [0.2, 0.25) is 0 Å². The van der Waals surface area contributed by atoms with Crippen molar-refractivity contribution < 1.29 is 85.3 Å². The fourth-order valence-electron chi connectivity index (χ4n) is 0. The fourth-order valence-corrected chi connectivity index (χ4v) is 0. The minimum atomic E-state index is -1.83. The summed E-state index contributed by atoms with van der Waals surface area (Å²) in [5, 5.41) is 13.9. The van der Waals surface area contributed by atoms with Crippen LogP contribution < -0.4 is 68.9 Å². The van der Waals surface area contributed by atoms with Crippen molar-refractivity contribution >= 4 is 18.6 Å². The maximum atomic E-state index is 8.56. The molecule has 0 unspecified atom stereocenters. The first kappa shape index (κ1) is 15.6. The van der Waals surface area contributed by atoms with Crippen LogP contribution in [0.1, 0.15) is 1.43 Å². The van der Waals surface area contributed by atoms with E-state index in [0.29, 0.717) is 0 Å². The summed E-state index contributed by atoms with van der Waals surface area (Å²) >= 11 is 0. The van der Waals surface area contributed by atoms with Gasteiger partial charge in [0.25, 0.3) is 0 Å². The smallest absolute Gasteiger partial charge is 1.00 e. The molecule has 0 saturated heterocycles. The Bertz CT molecular complexity index is 37.9. The first-order valence-electron chi connectivity index (χ1n) is 0.651. The van der Waals surface area contributed by atoms with Crippen molar-refractivity contribution in [3.63, 3.8) is 0 Å². The number of carboxylic acid groups (broad SMARTS) is 2. The van der Waals surface area contributed by atoms with Crippen molar-refractivity contribution in [2.75, 3.05) is 0 Å². The Hall–Kier alpha value is 1.61. The van der Waals surface area contributed by atoms with E-state index >= 15 is 0 Å². The first-order chi connectivity index (χ1) is 1.73. The Balaban J connectivity index is -0.0000000150. The molecule has 2 N–H and O–H groups in total. The molecular formula is CH4ClCsO3. The van der Waals surface area contributed by atoms with Crippen LogP contribution in [0.5, 0.6) is 0 Å². The molecule has 0 aliphatic carbocycles. The van der Waals surface area contributed by atoms with Gasteiger partial charge in [-0.3, -0.25) is 0 Å². The molecule has 0 aromatic heterocycles. The normalized spacial score (nSPS) is 4.00. The van der Waals surface area contributed by atoms with Crippen molar-refractivity contribution in [1.82, 2.24) is 0 Å². The Labute approximate surface area is 101 Å². The molecule has 0 aromatic rings. The van der Waals surface area contributed by atoms with Gasteiger partial charge in [-0.15, -0.1) is 12.4 Å². The van der Waals surface area contributed by atoms with Gasteiger partial charge in [-0.05, 0) is 0 Å². The summed E-state index contributed by atoms with van der Waals surface area (Å²) in [6.45, 7) is 0. The standard InChI is InChI=1S/CH2O3.ClH.Cs.H/c2-1(3)4;;;/h(H2,2,3,4);1H;;/q;;+1;-1. The summed E-state index contributed by atoms with van der Waals surface area (Å²) < 4.78 is 0. The fraction of sp³-hybridized carbons (Fsp3) is 0. The summed E-state index contributed by atoms with van der Waals surface area (Å²) in [6.07, 6.45) is -1.83. The summed E-state index contributed by atoms with van der Waals surface area (Å²) in [5.41, 5.74) is 0. The van der Waals surface area contributed by atoms with Gasteiger partial charge in [-0.25, -0.2) is 4.79 Å². The summed E-state index contributed by atoms with van der Waals surface area (Å²) in [6, 6.07) is 0. The molecule has 0 saturated carbocycles. The summed E-state index contributed by atoms with van der Waals surface area (Å²) in [5.74, 6) is 0. The van der Waals surface area contributed by atoms with Gasteiger partial charge in [-0.1, -0.05) is 0 Å². The van der Waals surface area contributed by atoms with Crippen LogP contribution in [0.3, 0.4) is 0 Å². The molecule has 0 aromatic carbocycles. The minimum absolute atomic E-state index is 0. The number of carbonyl (C=O) groups is 1. The van der Waals surface area contributed by atoms with Crippen LogP contribution in [0.4, 0.5) is 4.79 Å². The Morgan fingerprint density at radius 2 is 1.50 bits per heavy atom. The van der Waals surface area contributed by atoms with E-state index in [9.17, 15) is 0 Å². The van der Waals surface area contributed by atoms with E-state index in [4.69, 9.17) is 15.0 Å². The second kappa shape index (κ2) is 9.79. The molecule has 5 heteroatoms. The molecule has 0 atom stereocenters. The van der Waals surface area contributed by atoms with E-state index in [2.05, 4.69) is 0 Å². The molecule has 34 valence electrons. The number of halogens is 1. The number of hydrogen-bond acceptors (Lipinski definition) is 1. The Kier molecular flexibility index (Phi) is 25.5. The van der Waals surface area contributed by atoms with Gasteiger partial charge in [0.1, 0.15) is 0 Å². The summed E-state index contributed by atoms with van der Waals surface area (Å²) in [4.78, 5) is 8.56. The van der Waals surface area contributed by atoms with Gasteiger partial charge in [-0.2, -0.15) is 0 Å². The van der Waals surface area contributed by atoms with Crippen LogP contribution in [-0.4, -0.2) is 16.4 Å². The molecule has 0 rings (SSSR count). The maximum Gasteiger partial charge on any atom is 1.00 e. The van der Waals surface area contributed by atoms with Crippen LogP contribution in [0.25, 0.3) is 0 Å². The van der Waals surface area contributed by atoms with Crippen LogP contribution in [-0.2, 0) is 0 Å². The molecule has 6 heavy (non-hydrogen) atoms. The molecule has 0 radical (unpaired) electrons. The van der Waals surface area contributed by atoms with Crippen molar-refractivity contribution in [3.05, 3.63) is 0 Å². The minimum Gasteiger partial charge on any atom is -1.00 e. The SMILES string of the molecule is Cl.O=C(O)O.[Cs+].[H-]. The van der Waals surface area contributed by atoms with Gasteiger partial charge >= 0.3 is 75.0 Å². The van der Waals surface area contributed by atoms with Crippen molar-refractivity contribution in [3.8, 4) is 0 Å². The van der Waals surface area contributed by atoms with E-state index in [1.165, 1.54) is 0 Å². The predicted octanol–water partition coefficient (Wildman–Crippen LogP) is -2.24. The third-order valence-corrected chi connectivity index (χ3v) is 0. The first-order valence-corrected chi connectivity index (χ1v) is 0.651. The zero-order valence-electron chi connectivity index (χ0n) is 4.21. The predicted molar refractivity (Wildman–Crippen MR) is 19.0 cm³/mol. The second-order valence-corrected chi connectivity index (χ2v) is 0.283. The van der Waals surface area contributed by atoms with Crippen molar-refractivity contribution in [2.24, 2.45) is 0 Å². The zero-order valence-corrected chi connectivity index (χ0v) is 10.3. The molecule has 0 heterocycles. The van der Waals surface area contributed by atoms with E-state index in [-0.39, 0.29) is 82.7 Å². The van der Waals surface area contributed by atoms with Crippen LogP contribution >= 0.6 is 12.4 Å². The Morgan fingerprint density at radius 1 is 1.50 bits per heavy atom. The van der Waals surface area contributed by atoms with Gasteiger partial charge in [0.05, 0.1) is 0 Å². The van der Waals surface area contributed by atoms with E-state index in [1.807, 2.05) is 0 Å². The molecule has 0 spiro atoms. The quantitative estimate of drug-likeness (QED) is 0.497. The third-order valence-electron chi connectivity index (χ3n) is 0. The molecule has 0 fully saturated rings. The van der Waals surface area contributed by atoms with E-state index in [1.54, 1.807) is 0 Å². The van der Waals surface area contributed by atoms with Gasteiger partial charge in [0.15, 0.2) is 0 Å². The topological polar surface area (TPSA) is 57.5 Å². The van der Waals surface area contributed by atoms with Crippen molar-refractivity contribution in [1.29, 1.82) is 0 Å². The van der Waals surface area contributed by atoms with E-state index < -0.39 is 6.16 Å². The monoisotopic (exact) mass is 232 g/mol. The zero-order chi connectivity index (χ0) is 3.58. The maximum absolute atomic E-state index is 8.56. The molecular weight excluding hydrogens is 228 g/mol. The number of rotatable bonds is 0. The molecule has 0 bridgehead atoms. The van der Waals surface area contributed by atoms with E-state index in [0.717, 1.165) is 0 Å². The number of hydrogen-bond donors (Lipinski definition) is 2. The second-order valence-electron chi connectivity index (χ2n) is 0.283. The van der Waals surface area contributed by atoms with Crippen molar-refractivity contribution in [2.45, 2.75) is 0 Å².